The Labute approximate surface area is 120 Å². The van der Waals surface area contributed by atoms with Gasteiger partial charge in [-0.25, -0.2) is 10.2 Å². The van der Waals surface area contributed by atoms with E-state index in [0.717, 1.165) is 3.57 Å². The van der Waals surface area contributed by atoms with E-state index in [4.69, 9.17) is 0 Å². The number of amides is 3. The average molecular weight is 361 g/mol. The third-order valence-electron chi connectivity index (χ3n) is 2.08. The van der Waals surface area contributed by atoms with Crippen LogP contribution in [-0.2, 0) is 0 Å². The second-order valence-corrected chi connectivity index (χ2v) is 5.33. The Balaban J connectivity index is 2.42. The topological polar surface area (TPSA) is 70.2 Å². The molecule has 0 bridgehead atoms. The lowest BCUT2D eigenvalue weighted by Gasteiger charge is -2.10. The van der Waals surface area contributed by atoms with Crippen molar-refractivity contribution in [1.82, 2.24) is 16.2 Å². The average Bonchev–Trinajstić information content (AvgIpc) is 2.34. The lowest BCUT2D eigenvalue weighted by atomic mass is 10.2. The predicted octanol–water partition coefficient (Wildman–Crippen LogP) is 1.89. The van der Waals surface area contributed by atoms with E-state index in [1.54, 1.807) is 12.1 Å². The fraction of sp³-hybridized carbons (Fsp3) is 0.333. The third kappa shape index (κ3) is 4.91. The van der Waals surface area contributed by atoms with Crippen LogP contribution in [0.25, 0.3) is 0 Å². The summed E-state index contributed by atoms with van der Waals surface area (Å²) in [5.41, 5.74) is 5.20. The molecule has 6 heteroatoms. The number of carbonyl (C=O) groups excluding carboxylic acids is 2. The van der Waals surface area contributed by atoms with Crippen LogP contribution in [0.2, 0.25) is 0 Å². The molecule has 0 aromatic heterocycles. The maximum atomic E-state index is 11.7. The van der Waals surface area contributed by atoms with Gasteiger partial charge in [0.05, 0.1) is 5.56 Å². The van der Waals surface area contributed by atoms with E-state index in [1.807, 2.05) is 26.0 Å². The SMILES string of the molecule is CC(C)CNC(=O)NNC(=O)c1ccccc1I. The minimum absolute atomic E-state index is 0.334. The van der Waals surface area contributed by atoms with Crippen LogP contribution >= 0.6 is 22.6 Å². The molecule has 1 rings (SSSR count). The van der Waals surface area contributed by atoms with Gasteiger partial charge in [-0.2, -0.15) is 0 Å². The summed E-state index contributed by atoms with van der Waals surface area (Å²) < 4.78 is 0.831. The third-order valence-corrected chi connectivity index (χ3v) is 3.02. The number of hydrazine groups is 1. The number of carbonyl (C=O) groups is 2. The fourth-order valence-corrected chi connectivity index (χ4v) is 1.80. The molecule has 98 valence electrons. The quantitative estimate of drug-likeness (QED) is 0.569. The van der Waals surface area contributed by atoms with Crippen LogP contribution in [0.4, 0.5) is 4.79 Å². The minimum Gasteiger partial charge on any atom is -0.336 e. The largest absolute Gasteiger partial charge is 0.336 e. The van der Waals surface area contributed by atoms with Crippen molar-refractivity contribution < 1.29 is 9.59 Å². The van der Waals surface area contributed by atoms with E-state index in [-0.39, 0.29) is 5.91 Å². The highest BCUT2D eigenvalue weighted by molar-refractivity contribution is 14.1. The Morgan fingerprint density at radius 2 is 1.89 bits per heavy atom. The molecule has 3 N–H and O–H groups in total. The second-order valence-electron chi connectivity index (χ2n) is 4.16. The Hall–Kier alpha value is -1.31. The molecule has 5 nitrogen and oxygen atoms in total. The van der Waals surface area contributed by atoms with Crippen molar-refractivity contribution in [2.75, 3.05) is 6.54 Å². The smallest absolute Gasteiger partial charge is 0.333 e. The van der Waals surface area contributed by atoms with Gasteiger partial charge in [-0.15, -0.1) is 0 Å². The van der Waals surface area contributed by atoms with Gasteiger partial charge in [-0.1, -0.05) is 26.0 Å². The fourth-order valence-electron chi connectivity index (χ4n) is 1.17. The van der Waals surface area contributed by atoms with Crippen LogP contribution < -0.4 is 16.2 Å². The van der Waals surface area contributed by atoms with Crippen molar-refractivity contribution >= 4 is 34.5 Å². The Kier molecular flexibility index (Phi) is 5.90. The van der Waals surface area contributed by atoms with E-state index in [1.165, 1.54) is 0 Å². The maximum Gasteiger partial charge on any atom is 0.333 e. The van der Waals surface area contributed by atoms with Crippen LogP contribution in [0, 0.1) is 9.49 Å². The van der Waals surface area contributed by atoms with E-state index in [0.29, 0.717) is 18.0 Å². The molecule has 0 aliphatic carbocycles. The molecule has 0 heterocycles. The standard InChI is InChI=1S/C12H16IN3O2/c1-8(2)7-14-12(18)16-15-11(17)9-5-3-4-6-10(9)13/h3-6,8H,7H2,1-2H3,(H,15,17)(H2,14,16,18). The zero-order valence-corrected chi connectivity index (χ0v) is 12.4. The Bertz CT molecular complexity index is 435. The highest BCUT2D eigenvalue weighted by Crippen LogP contribution is 2.10. The molecule has 0 radical (unpaired) electrons. The Morgan fingerprint density at radius 3 is 2.50 bits per heavy atom. The van der Waals surface area contributed by atoms with E-state index in [2.05, 4.69) is 38.8 Å². The van der Waals surface area contributed by atoms with Crippen molar-refractivity contribution in [1.29, 1.82) is 0 Å². The summed E-state index contributed by atoms with van der Waals surface area (Å²) in [5.74, 6) is 0.0289. The summed E-state index contributed by atoms with van der Waals surface area (Å²) in [6, 6.07) is 6.74. The first-order valence-corrected chi connectivity index (χ1v) is 6.67. The summed E-state index contributed by atoms with van der Waals surface area (Å²) in [4.78, 5) is 23.1. The van der Waals surface area contributed by atoms with Gasteiger partial charge in [-0.3, -0.25) is 10.2 Å². The van der Waals surface area contributed by atoms with Crippen LogP contribution in [0.15, 0.2) is 24.3 Å². The highest BCUT2D eigenvalue weighted by Gasteiger charge is 2.09. The summed E-state index contributed by atoms with van der Waals surface area (Å²) in [6.45, 7) is 4.54. The van der Waals surface area contributed by atoms with E-state index < -0.39 is 6.03 Å². The van der Waals surface area contributed by atoms with Gasteiger partial charge < -0.3 is 5.32 Å². The zero-order chi connectivity index (χ0) is 13.5. The van der Waals surface area contributed by atoms with Gasteiger partial charge >= 0.3 is 6.03 Å². The van der Waals surface area contributed by atoms with Gasteiger partial charge in [0.1, 0.15) is 0 Å². The summed E-state index contributed by atoms with van der Waals surface area (Å²) in [7, 11) is 0. The van der Waals surface area contributed by atoms with Gasteiger partial charge in [-0.05, 0) is 40.6 Å². The first-order chi connectivity index (χ1) is 8.50. The summed E-state index contributed by atoms with van der Waals surface area (Å²) >= 11 is 2.07. The molecule has 0 atom stereocenters. The number of rotatable bonds is 3. The van der Waals surface area contributed by atoms with Gasteiger partial charge in [0.2, 0.25) is 0 Å². The van der Waals surface area contributed by atoms with Gasteiger partial charge in [0, 0.05) is 10.1 Å². The zero-order valence-electron chi connectivity index (χ0n) is 10.3. The first kappa shape index (κ1) is 14.7. The molecule has 0 aliphatic heterocycles. The van der Waals surface area contributed by atoms with Gasteiger partial charge in [0.25, 0.3) is 5.91 Å². The number of hydrogen-bond acceptors (Lipinski definition) is 2. The number of benzene rings is 1. The van der Waals surface area contributed by atoms with Gasteiger partial charge in [0.15, 0.2) is 0 Å². The van der Waals surface area contributed by atoms with Crippen molar-refractivity contribution in [3.63, 3.8) is 0 Å². The number of hydrogen-bond donors (Lipinski definition) is 3. The number of halogens is 1. The molecule has 0 saturated carbocycles. The predicted molar refractivity (Wildman–Crippen MR) is 78.0 cm³/mol. The Morgan fingerprint density at radius 1 is 1.22 bits per heavy atom. The summed E-state index contributed by atoms with van der Waals surface area (Å²) in [6.07, 6.45) is 0. The van der Waals surface area contributed by atoms with Crippen LogP contribution in [0.1, 0.15) is 24.2 Å². The molecule has 18 heavy (non-hydrogen) atoms. The van der Waals surface area contributed by atoms with Crippen molar-refractivity contribution in [3.8, 4) is 0 Å². The molecule has 1 aromatic carbocycles. The first-order valence-electron chi connectivity index (χ1n) is 5.59. The normalized spacial score (nSPS) is 10.0. The minimum atomic E-state index is -0.414. The molecule has 0 unspecified atom stereocenters. The number of nitrogens with one attached hydrogen (secondary N) is 3. The van der Waals surface area contributed by atoms with Crippen LogP contribution in [0.3, 0.4) is 0 Å². The molecular formula is C12H16IN3O2. The van der Waals surface area contributed by atoms with Crippen molar-refractivity contribution in [2.45, 2.75) is 13.8 Å². The maximum absolute atomic E-state index is 11.7. The second kappa shape index (κ2) is 7.20. The van der Waals surface area contributed by atoms with Crippen molar-refractivity contribution in [3.05, 3.63) is 33.4 Å². The monoisotopic (exact) mass is 361 g/mol. The molecular weight excluding hydrogens is 345 g/mol. The lowest BCUT2D eigenvalue weighted by Crippen LogP contribution is -2.47. The molecule has 0 aliphatic rings. The van der Waals surface area contributed by atoms with Crippen LogP contribution in [-0.4, -0.2) is 18.5 Å². The van der Waals surface area contributed by atoms with Crippen molar-refractivity contribution in [2.24, 2.45) is 5.92 Å². The molecule has 0 saturated heterocycles. The summed E-state index contributed by atoms with van der Waals surface area (Å²) in [5, 5.41) is 2.64. The lowest BCUT2D eigenvalue weighted by molar-refractivity contribution is 0.0935. The highest BCUT2D eigenvalue weighted by atomic mass is 127. The van der Waals surface area contributed by atoms with Crippen LogP contribution in [0.5, 0.6) is 0 Å². The molecule has 1 aromatic rings. The molecule has 3 amide bonds. The number of urea groups is 1. The molecule has 0 spiro atoms. The van der Waals surface area contributed by atoms with E-state index >= 15 is 0 Å². The van der Waals surface area contributed by atoms with E-state index in [9.17, 15) is 9.59 Å². The molecule has 0 fully saturated rings.